The van der Waals surface area contributed by atoms with Crippen LogP contribution in [0.5, 0.6) is 0 Å². The van der Waals surface area contributed by atoms with Gasteiger partial charge in [0.2, 0.25) is 10.0 Å². The number of aliphatic carboxylic acids is 1. The third-order valence-electron chi connectivity index (χ3n) is 5.40. The summed E-state index contributed by atoms with van der Waals surface area (Å²) in [6, 6.07) is 5.92. The van der Waals surface area contributed by atoms with Gasteiger partial charge in [-0.1, -0.05) is 12.1 Å². The van der Waals surface area contributed by atoms with E-state index in [1.807, 2.05) is 13.0 Å². The molecule has 2 aromatic rings. The van der Waals surface area contributed by atoms with Crippen LogP contribution in [-0.2, 0) is 14.8 Å². The number of fused-ring (bicyclic) bond motifs is 2. The molecular formula is C17H18N2O4S. The molecule has 0 radical (unpaired) electrons. The van der Waals surface area contributed by atoms with Crippen molar-refractivity contribution in [2.45, 2.75) is 30.7 Å². The average molecular weight is 346 g/mol. The average Bonchev–Trinajstić information content (AvgIpc) is 2.79. The zero-order valence-corrected chi connectivity index (χ0v) is 14.0. The van der Waals surface area contributed by atoms with Crippen molar-refractivity contribution in [1.29, 1.82) is 0 Å². The van der Waals surface area contributed by atoms with Crippen molar-refractivity contribution in [2.24, 2.45) is 11.8 Å². The Kier molecular flexibility index (Phi) is 3.40. The van der Waals surface area contributed by atoms with Crippen molar-refractivity contribution >= 4 is 26.9 Å². The summed E-state index contributed by atoms with van der Waals surface area (Å²) in [7, 11) is -3.91. The van der Waals surface area contributed by atoms with Crippen LogP contribution >= 0.6 is 0 Å². The van der Waals surface area contributed by atoms with E-state index in [0.29, 0.717) is 5.52 Å². The van der Waals surface area contributed by atoms with Gasteiger partial charge in [0.05, 0.1) is 5.52 Å². The molecule has 6 nitrogen and oxygen atoms in total. The fourth-order valence-corrected chi connectivity index (χ4v) is 5.81. The number of benzene rings is 1. The van der Waals surface area contributed by atoms with Crippen molar-refractivity contribution in [1.82, 2.24) is 9.29 Å². The maximum absolute atomic E-state index is 13.2. The molecule has 1 N–H and O–H groups in total. The molecule has 1 aliphatic heterocycles. The first kappa shape index (κ1) is 15.5. The van der Waals surface area contributed by atoms with E-state index in [9.17, 15) is 18.3 Å². The fourth-order valence-electron chi connectivity index (χ4n) is 3.97. The van der Waals surface area contributed by atoms with Gasteiger partial charge >= 0.3 is 5.97 Å². The predicted molar refractivity (Wildman–Crippen MR) is 88.0 cm³/mol. The molecule has 2 fully saturated rings. The molecule has 7 heteroatoms. The van der Waals surface area contributed by atoms with Crippen LogP contribution in [0.4, 0.5) is 0 Å². The molecule has 0 spiro atoms. The summed E-state index contributed by atoms with van der Waals surface area (Å²) in [6.45, 7) is 2.18. The molecule has 0 unspecified atom stereocenters. The third kappa shape index (κ3) is 2.08. The van der Waals surface area contributed by atoms with Gasteiger partial charge in [0.1, 0.15) is 10.9 Å². The van der Waals surface area contributed by atoms with Crippen molar-refractivity contribution in [3.05, 3.63) is 36.0 Å². The summed E-state index contributed by atoms with van der Waals surface area (Å²) in [6.07, 6.45) is 3.23. The normalized spacial score (nSPS) is 27.0. The topological polar surface area (TPSA) is 87.6 Å². The quantitative estimate of drug-likeness (QED) is 0.919. The zero-order valence-electron chi connectivity index (χ0n) is 13.2. The first-order chi connectivity index (χ1) is 11.4. The Balaban J connectivity index is 1.87. The lowest BCUT2D eigenvalue weighted by Gasteiger charge is -2.31. The van der Waals surface area contributed by atoms with Crippen LogP contribution in [0.2, 0.25) is 0 Å². The molecule has 24 heavy (non-hydrogen) atoms. The van der Waals surface area contributed by atoms with E-state index < -0.39 is 22.0 Å². The van der Waals surface area contributed by atoms with Crippen LogP contribution < -0.4 is 0 Å². The highest BCUT2D eigenvalue weighted by Crippen LogP contribution is 2.47. The summed E-state index contributed by atoms with van der Waals surface area (Å²) < 4.78 is 27.6. The van der Waals surface area contributed by atoms with Crippen molar-refractivity contribution in [2.75, 3.05) is 6.54 Å². The summed E-state index contributed by atoms with van der Waals surface area (Å²) in [5.74, 6) is -0.970. The van der Waals surface area contributed by atoms with E-state index in [-0.39, 0.29) is 23.3 Å². The zero-order chi connectivity index (χ0) is 17.1. The number of carboxylic acids is 1. The number of nitrogens with zero attached hydrogens (tertiary/aromatic N) is 2. The second-order valence-corrected chi connectivity index (χ2v) is 8.50. The minimum Gasteiger partial charge on any atom is -0.480 e. The molecular weight excluding hydrogens is 328 g/mol. The summed E-state index contributed by atoms with van der Waals surface area (Å²) >= 11 is 0. The summed E-state index contributed by atoms with van der Waals surface area (Å²) in [5, 5.41) is 10.3. The number of aromatic nitrogens is 1. The molecule has 1 saturated carbocycles. The van der Waals surface area contributed by atoms with E-state index in [2.05, 4.69) is 4.98 Å². The van der Waals surface area contributed by atoms with Gasteiger partial charge in [-0.2, -0.15) is 4.31 Å². The van der Waals surface area contributed by atoms with E-state index in [4.69, 9.17) is 0 Å². The Labute approximate surface area is 140 Å². The molecule has 0 bridgehead atoms. The minimum atomic E-state index is -3.91. The molecule has 2 aliphatic rings. The molecule has 1 saturated heterocycles. The highest BCUT2D eigenvalue weighted by atomic mass is 32.2. The Bertz CT molecular complexity index is 941. The number of hydrogen-bond acceptors (Lipinski definition) is 4. The Morgan fingerprint density at radius 2 is 2.08 bits per heavy atom. The predicted octanol–water partition coefficient (Wildman–Crippen LogP) is 2.03. The number of carboxylic acid groups (broad SMARTS) is 1. The van der Waals surface area contributed by atoms with Crippen molar-refractivity contribution < 1.29 is 18.3 Å². The largest absolute Gasteiger partial charge is 0.480 e. The van der Waals surface area contributed by atoms with Gasteiger partial charge in [0.15, 0.2) is 0 Å². The van der Waals surface area contributed by atoms with Crippen molar-refractivity contribution in [3.8, 4) is 0 Å². The lowest BCUT2D eigenvalue weighted by Crippen LogP contribution is -2.43. The van der Waals surface area contributed by atoms with Crippen LogP contribution in [0.1, 0.15) is 18.4 Å². The van der Waals surface area contributed by atoms with Crippen LogP contribution in [0.3, 0.4) is 0 Å². The van der Waals surface area contributed by atoms with Gasteiger partial charge in [0.25, 0.3) is 0 Å². The number of pyridine rings is 1. The second-order valence-electron chi connectivity index (χ2n) is 6.64. The summed E-state index contributed by atoms with van der Waals surface area (Å²) in [4.78, 5) is 16.0. The fraction of sp³-hybridized carbons (Fsp3) is 0.412. The number of aryl methyl sites for hydroxylation is 1. The molecule has 0 amide bonds. The maximum Gasteiger partial charge on any atom is 0.322 e. The molecule has 126 valence electrons. The Hall–Kier alpha value is -1.99. The van der Waals surface area contributed by atoms with Gasteiger partial charge in [-0.05, 0) is 49.3 Å². The van der Waals surface area contributed by atoms with Crippen LogP contribution in [0, 0.1) is 18.8 Å². The third-order valence-corrected chi connectivity index (χ3v) is 7.28. The van der Waals surface area contributed by atoms with Gasteiger partial charge in [0, 0.05) is 18.1 Å². The Morgan fingerprint density at radius 3 is 2.75 bits per heavy atom. The van der Waals surface area contributed by atoms with Crippen LogP contribution in [0.25, 0.3) is 10.9 Å². The first-order valence-electron chi connectivity index (χ1n) is 8.00. The monoisotopic (exact) mass is 346 g/mol. The van der Waals surface area contributed by atoms with Gasteiger partial charge in [-0.25, -0.2) is 8.42 Å². The second kappa shape index (κ2) is 5.26. The van der Waals surface area contributed by atoms with Gasteiger partial charge < -0.3 is 5.11 Å². The number of hydrogen-bond donors (Lipinski definition) is 1. The van der Waals surface area contributed by atoms with Crippen LogP contribution in [-0.4, -0.2) is 41.4 Å². The molecule has 1 aromatic heterocycles. The lowest BCUT2D eigenvalue weighted by molar-refractivity contribution is -0.142. The number of rotatable bonds is 3. The van der Waals surface area contributed by atoms with Crippen LogP contribution in [0.15, 0.2) is 35.4 Å². The SMILES string of the molecule is Cc1ccc(S(=O)(=O)N2C[C@@H]3CC[C@@H]3[C@H]2C(=O)O)c2ncccc12. The highest BCUT2D eigenvalue weighted by Gasteiger charge is 2.54. The molecule has 1 aliphatic carbocycles. The number of sulfonamides is 1. The maximum atomic E-state index is 13.2. The standard InChI is InChI=1S/C17H18N2O4S/c1-10-4-7-14(15-12(10)3-2-8-18-15)24(22,23)19-9-11-5-6-13(11)16(19)17(20)21/h2-4,7-8,11,13,16H,5-6,9H2,1H3,(H,20,21)/t11-,13-,16-/m0/s1. The molecule has 2 heterocycles. The van der Waals surface area contributed by atoms with E-state index in [1.165, 1.54) is 4.31 Å². The van der Waals surface area contributed by atoms with Gasteiger partial charge in [-0.3, -0.25) is 9.78 Å². The Morgan fingerprint density at radius 1 is 1.29 bits per heavy atom. The minimum absolute atomic E-state index is 0.0676. The summed E-state index contributed by atoms with van der Waals surface area (Å²) in [5.41, 5.74) is 1.34. The van der Waals surface area contributed by atoms with E-state index in [0.717, 1.165) is 23.8 Å². The van der Waals surface area contributed by atoms with E-state index >= 15 is 0 Å². The van der Waals surface area contributed by atoms with Crippen molar-refractivity contribution in [3.63, 3.8) is 0 Å². The molecule has 1 aromatic carbocycles. The molecule has 3 atom stereocenters. The van der Waals surface area contributed by atoms with Gasteiger partial charge in [-0.15, -0.1) is 0 Å². The highest BCUT2D eigenvalue weighted by molar-refractivity contribution is 7.89. The first-order valence-corrected chi connectivity index (χ1v) is 9.44. The molecule has 4 rings (SSSR count). The number of carbonyl (C=O) groups is 1. The lowest BCUT2D eigenvalue weighted by atomic mass is 9.73. The van der Waals surface area contributed by atoms with E-state index in [1.54, 1.807) is 24.4 Å². The smallest absolute Gasteiger partial charge is 0.322 e.